The van der Waals surface area contributed by atoms with E-state index in [0.717, 1.165) is 17.7 Å². The van der Waals surface area contributed by atoms with Gasteiger partial charge in [-0.05, 0) is 41.9 Å². The summed E-state index contributed by atoms with van der Waals surface area (Å²) in [5, 5.41) is 0. The van der Waals surface area contributed by atoms with Gasteiger partial charge < -0.3 is 0 Å². The molecular formula is C22H19NO2. The Kier molecular flexibility index (Phi) is 3.17. The van der Waals surface area contributed by atoms with Crippen LogP contribution in [0.3, 0.4) is 0 Å². The Morgan fingerprint density at radius 1 is 0.800 bits per heavy atom. The highest BCUT2D eigenvalue weighted by atomic mass is 16.2. The van der Waals surface area contributed by atoms with Gasteiger partial charge in [0.05, 0.1) is 17.5 Å². The minimum atomic E-state index is -0.146. The molecule has 124 valence electrons. The molecule has 2 aromatic carbocycles. The number of rotatable bonds is 3. The monoisotopic (exact) mass is 329 g/mol. The van der Waals surface area contributed by atoms with E-state index in [2.05, 4.69) is 24.3 Å². The van der Waals surface area contributed by atoms with E-state index in [0.29, 0.717) is 6.42 Å². The van der Waals surface area contributed by atoms with Crippen LogP contribution in [0.5, 0.6) is 0 Å². The maximum atomic E-state index is 13.1. The van der Waals surface area contributed by atoms with Gasteiger partial charge in [-0.1, -0.05) is 60.7 Å². The molecule has 25 heavy (non-hydrogen) atoms. The fourth-order valence-corrected chi connectivity index (χ4v) is 4.83. The molecule has 4 unspecified atom stereocenters. The van der Waals surface area contributed by atoms with Crippen LogP contribution >= 0.6 is 0 Å². The van der Waals surface area contributed by atoms with Crippen molar-refractivity contribution in [1.29, 1.82) is 0 Å². The van der Waals surface area contributed by atoms with E-state index in [9.17, 15) is 9.59 Å². The molecule has 4 atom stereocenters. The summed E-state index contributed by atoms with van der Waals surface area (Å²) in [6.45, 7) is 0. The molecule has 1 aliphatic heterocycles. The highest BCUT2D eigenvalue weighted by molar-refractivity contribution is 6.23. The van der Waals surface area contributed by atoms with Crippen LogP contribution in [0.4, 0.5) is 5.69 Å². The van der Waals surface area contributed by atoms with Crippen molar-refractivity contribution in [3.8, 4) is 0 Å². The second-order valence-electron chi connectivity index (χ2n) is 7.30. The lowest BCUT2D eigenvalue weighted by Crippen LogP contribution is -2.33. The maximum Gasteiger partial charge on any atom is 0.238 e. The number of anilines is 1. The average Bonchev–Trinajstić information content (AvgIpc) is 3.31. The molecule has 3 nitrogen and oxygen atoms in total. The third-order valence-electron chi connectivity index (χ3n) is 5.94. The molecule has 2 bridgehead atoms. The lowest BCUT2D eigenvalue weighted by atomic mass is 9.85. The smallest absolute Gasteiger partial charge is 0.238 e. The molecule has 0 spiro atoms. The summed E-state index contributed by atoms with van der Waals surface area (Å²) < 4.78 is 0. The van der Waals surface area contributed by atoms with Crippen molar-refractivity contribution in [2.24, 2.45) is 23.7 Å². The predicted molar refractivity (Wildman–Crippen MR) is 95.9 cm³/mol. The van der Waals surface area contributed by atoms with Crippen molar-refractivity contribution in [3.63, 3.8) is 0 Å². The fraction of sp³-hybridized carbons (Fsp3) is 0.273. The summed E-state index contributed by atoms with van der Waals surface area (Å²) in [6.07, 6.45) is 5.95. The number of nitrogens with zero attached hydrogens (tertiary/aromatic N) is 1. The third-order valence-corrected chi connectivity index (χ3v) is 5.94. The Hall–Kier alpha value is -2.68. The van der Waals surface area contributed by atoms with Crippen molar-refractivity contribution in [2.75, 3.05) is 4.90 Å². The van der Waals surface area contributed by atoms with E-state index < -0.39 is 0 Å². The molecule has 1 saturated carbocycles. The summed E-state index contributed by atoms with van der Waals surface area (Å²) >= 11 is 0. The molecule has 3 heteroatoms. The van der Waals surface area contributed by atoms with Crippen molar-refractivity contribution in [2.45, 2.75) is 12.8 Å². The van der Waals surface area contributed by atoms with Crippen LogP contribution in [0.15, 0.2) is 66.7 Å². The molecule has 3 aliphatic rings. The lowest BCUT2D eigenvalue weighted by molar-refractivity contribution is -0.123. The van der Waals surface area contributed by atoms with Crippen molar-refractivity contribution >= 4 is 17.5 Å². The van der Waals surface area contributed by atoms with E-state index in [4.69, 9.17) is 0 Å². The maximum absolute atomic E-state index is 13.1. The van der Waals surface area contributed by atoms with Gasteiger partial charge in [0.2, 0.25) is 11.8 Å². The number of carbonyl (C=O) groups excluding carboxylic acids is 2. The van der Waals surface area contributed by atoms with E-state index in [1.807, 2.05) is 42.5 Å². The van der Waals surface area contributed by atoms with E-state index in [1.54, 1.807) is 0 Å². The van der Waals surface area contributed by atoms with E-state index >= 15 is 0 Å². The average molecular weight is 329 g/mol. The Morgan fingerprint density at radius 3 is 2.08 bits per heavy atom. The summed E-state index contributed by atoms with van der Waals surface area (Å²) in [5.74, 6) is 0.190. The SMILES string of the molecule is O=C1C2C3C=CC(C3)C2C(=O)N1c1ccccc1Cc1ccccc1. The van der Waals surface area contributed by atoms with Gasteiger partial charge in [0.1, 0.15) is 0 Å². The summed E-state index contributed by atoms with van der Waals surface area (Å²) in [7, 11) is 0. The second-order valence-corrected chi connectivity index (χ2v) is 7.30. The zero-order chi connectivity index (χ0) is 17.0. The van der Waals surface area contributed by atoms with Crippen LogP contribution in [0.25, 0.3) is 0 Å². The van der Waals surface area contributed by atoms with Gasteiger partial charge in [-0.2, -0.15) is 0 Å². The molecule has 2 aromatic rings. The number of benzene rings is 2. The summed E-state index contributed by atoms with van der Waals surface area (Å²) in [4.78, 5) is 27.6. The number of allylic oxidation sites excluding steroid dienone is 2. The molecule has 1 heterocycles. The first-order valence-electron chi connectivity index (χ1n) is 8.92. The molecule has 2 fully saturated rings. The Balaban J connectivity index is 1.52. The Labute approximate surface area is 147 Å². The number of hydrogen-bond acceptors (Lipinski definition) is 2. The van der Waals surface area contributed by atoms with Crippen molar-refractivity contribution in [3.05, 3.63) is 77.9 Å². The number of para-hydroxylation sites is 1. The first-order valence-corrected chi connectivity index (χ1v) is 8.92. The zero-order valence-electron chi connectivity index (χ0n) is 13.8. The van der Waals surface area contributed by atoms with Crippen LogP contribution < -0.4 is 4.90 Å². The number of amides is 2. The molecule has 2 amide bonds. The van der Waals surface area contributed by atoms with Gasteiger partial charge in [-0.25, -0.2) is 4.90 Å². The zero-order valence-corrected chi connectivity index (χ0v) is 13.8. The number of imide groups is 1. The number of carbonyl (C=O) groups is 2. The normalized spacial score (nSPS) is 29.5. The van der Waals surface area contributed by atoms with Crippen LogP contribution in [0, 0.1) is 23.7 Å². The topological polar surface area (TPSA) is 37.4 Å². The van der Waals surface area contributed by atoms with Crippen LogP contribution in [0.2, 0.25) is 0 Å². The van der Waals surface area contributed by atoms with Crippen LogP contribution in [0.1, 0.15) is 17.5 Å². The fourth-order valence-electron chi connectivity index (χ4n) is 4.83. The Bertz CT molecular complexity index is 856. The quantitative estimate of drug-likeness (QED) is 0.637. The van der Waals surface area contributed by atoms with Gasteiger partial charge in [-0.15, -0.1) is 0 Å². The molecule has 5 rings (SSSR count). The first-order chi connectivity index (χ1) is 12.2. The predicted octanol–water partition coefficient (Wildman–Crippen LogP) is 3.59. The van der Waals surface area contributed by atoms with E-state index in [-0.39, 0.29) is 35.5 Å². The molecule has 0 N–H and O–H groups in total. The van der Waals surface area contributed by atoms with Crippen LogP contribution in [-0.4, -0.2) is 11.8 Å². The first kappa shape index (κ1) is 14.6. The molecule has 0 aromatic heterocycles. The number of fused-ring (bicyclic) bond motifs is 5. The lowest BCUT2D eigenvalue weighted by Gasteiger charge is -2.20. The highest BCUT2D eigenvalue weighted by Crippen LogP contribution is 2.53. The minimum Gasteiger partial charge on any atom is -0.274 e. The Morgan fingerprint density at radius 2 is 1.40 bits per heavy atom. The van der Waals surface area contributed by atoms with Gasteiger partial charge in [0.15, 0.2) is 0 Å². The third kappa shape index (κ3) is 2.12. The summed E-state index contributed by atoms with van der Waals surface area (Å²) in [5.41, 5.74) is 2.96. The van der Waals surface area contributed by atoms with Crippen molar-refractivity contribution < 1.29 is 9.59 Å². The standard InChI is InChI=1S/C22H19NO2/c24-21-19-16-10-11-17(13-16)20(19)22(25)23(21)18-9-5-4-8-15(18)12-14-6-2-1-3-7-14/h1-11,16-17,19-20H,12-13H2. The molecule has 2 aliphatic carbocycles. The largest absolute Gasteiger partial charge is 0.274 e. The molecule has 1 saturated heterocycles. The minimum absolute atomic E-state index is 0.00707. The van der Waals surface area contributed by atoms with Gasteiger partial charge >= 0.3 is 0 Å². The van der Waals surface area contributed by atoms with Crippen LogP contribution in [-0.2, 0) is 16.0 Å². The number of hydrogen-bond donors (Lipinski definition) is 0. The highest BCUT2D eigenvalue weighted by Gasteiger charge is 2.59. The molecular weight excluding hydrogens is 310 g/mol. The van der Waals surface area contributed by atoms with Gasteiger partial charge in [0.25, 0.3) is 0 Å². The van der Waals surface area contributed by atoms with Gasteiger partial charge in [0, 0.05) is 0 Å². The van der Waals surface area contributed by atoms with Crippen molar-refractivity contribution in [1.82, 2.24) is 0 Å². The van der Waals surface area contributed by atoms with Gasteiger partial charge in [-0.3, -0.25) is 9.59 Å². The summed E-state index contributed by atoms with van der Waals surface area (Å²) in [6, 6.07) is 18.0. The van der Waals surface area contributed by atoms with E-state index in [1.165, 1.54) is 10.5 Å². The molecule has 0 radical (unpaired) electrons. The second kappa shape index (κ2) is 5.41.